The number of rotatable bonds is 0. The van der Waals surface area contributed by atoms with E-state index in [9.17, 15) is 5.11 Å². The number of pyridine rings is 1. The van der Waals surface area contributed by atoms with E-state index in [1.807, 2.05) is 12.3 Å². The van der Waals surface area contributed by atoms with Gasteiger partial charge >= 0.3 is 0 Å². The average molecular weight is 450 g/mol. The van der Waals surface area contributed by atoms with Gasteiger partial charge in [0.25, 0.3) is 0 Å². The smallest absolute Gasteiger partial charge is 0.117 e. The van der Waals surface area contributed by atoms with Crippen molar-refractivity contribution in [1.29, 1.82) is 0 Å². The van der Waals surface area contributed by atoms with Crippen molar-refractivity contribution < 1.29 is 5.11 Å². The van der Waals surface area contributed by atoms with Crippen molar-refractivity contribution in [2.24, 2.45) is 0 Å². The Hall–Kier alpha value is -1.17. The lowest BCUT2D eigenvalue weighted by atomic mass is 9.89. The van der Waals surface area contributed by atoms with E-state index in [0.29, 0.717) is 5.75 Å². The standard InChI is InChI=1S/C19H18Br2N2O/c20-14-7-13-2-1-12-8-15(24)9-16(21)17(12)18(19(13)23-10-14)11-3-5-22-6-4-11/h7-10,22,24H,1-6H2. The van der Waals surface area contributed by atoms with Crippen LogP contribution in [0, 0.1) is 0 Å². The Morgan fingerprint density at radius 1 is 0.958 bits per heavy atom. The van der Waals surface area contributed by atoms with Gasteiger partial charge in [-0.25, -0.2) is 0 Å². The molecule has 124 valence electrons. The van der Waals surface area contributed by atoms with Gasteiger partial charge in [-0.1, -0.05) is 21.5 Å². The second-order valence-corrected chi connectivity index (χ2v) is 8.12. The molecule has 0 atom stereocenters. The Kier molecular flexibility index (Phi) is 4.50. The molecule has 4 rings (SSSR count). The van der Waals surface area contributed by atoms with Crippen LogP contribution in [0.3, 0.4) is 0 Å². The number of aromatic hydroxyl groups is 1. The highest BCUT2D eigenvalue weighted by Crippen LogP contribution is 2.42. The number of nitrogens with zero attached hydrogens (tertiary/aromatic N) is 1. The topological polar surface area (TPSA) is 45.2 Å². The number of phenols is 1. The fraction of sp³-hybridized carbons (Fsp3) is 0.316. The van der Waals surface area contributed by atoms with Gasteiger partial charge in [0.05, 0.1) is 5.69 Å². The van der Waals surface area contributed by atoms with E-state index >= 15 is 0 Å². The van der Waals surface area contributed by atoms with Gasteiger partial charge < -0.3 is 10.4 Å². The summed E-state index contributed by atoms with van der Waals surface area (Å²) in [5, 5.41) is 13.5. The van der Waals surface area contributed by atoms with Crippen LogP contribution in [0.2, 0.25) is 0 Å². The molecule has 5 heteroatoms. The van der Waals surface area contributed by atoms with Gasteiger partial charge in [0, 0.05) is 26.3 Å². The SMILES string of the molecule is Oc1cc(Br)c2c(c1)CCc1cc(Br)cnc1C2=C1CCNCC1. The molecule has 1 aliphatic carbocycles. The predicted molar refractivity (Wildman–Crippen MR) is 103 cm³/mol. The van der Waals surface area contributed by atoms with Gasteiger partial charge in [-0.3, -0.25) is 4.98 Å². The molecule has 2 N–H and O–H groups in total. The van der Waals surface area contributed by atoms with Crippen LogP contribution in [0.4, 0.5) is 0 Å². The summed E-state index contributed by atoms with van der Waals surface area (Å²) >= 11 is 7.25. The van der Waals surface area contributed by atoms with Gasteiger partial charge in [-0.05, 0) is 84.0 Å². The molecule has 2 aliphatic rings. The first kappa shape index (κ1) is 16.3. The van der Waals surface area contributed by atoms with Crippen molar-refractivity contribution >= 4 is 37.4 Å². The first-order valence-electron chi connectivity index (χ1n) is 8.23. The normalized spacial score (nSPS) is 17.2. The molecule has 0 spiro atoms. The zero-order valence-corrected chi connectivity index (χ0v) is 16.4. The number of hydrogen-bond acceptors (Lipinski definition) is 3. The van der Waals surface area contributed by atoms with Crippen LogP contribution in [0.1, 0.15) is 35.2 Å². The molecule has 0 unspecified atom stereocenters. The summed E-state index contributed by atoms with van der Waals surface area (Å²) in [7, 11) is 0. The van der Waals surface area contributed by atoms with Gasteiger partial charge in [-0.2, -0.15) is 0 Å². The van der Waals surface area contributed by atoms with E-state index in [2.05, 4.69) is 43.2 Å². The number of nitrogens with one attached hydrogen (secondary N) is 1. The number of benzene rings is 1. The quantitative estimate of drug-likeness (QED) is 0.617. The summed E-state index contributed by atoms with van der Waals surface area (Å²) in [5.41, 5.74) is 7.49. The fourth-order valence-corrected chi connectivity index (χ4v) is 4.80. The third-order valence-electron chi connectivity index (χ3n) is 4.80. The number of fused-ring (bicyclic) bond motifs is 2. The zero-order chi connectivity index (χ0) is 16.7. The lowest BCUT2D eigenvalue weighted by molar-refractivity contribution is 0.474. The van der Waals surface area contributed by atoms with Gasteiger partial charge in [-0.15, -0.1) is 0 Å². The Labute approximate surface area is 158 Å². The van der Waals surface area contributed by atoms with Gasteiger partial charge in [0.15, 0.2) is 0 Å². The van der Waals surface area contributed by atoms with Crippen molar-refractivity contribution in [3.05, 3.63) is 61.3 Å². The summed E-state index contributed by atoms with van der Waals surface area (Å²) < 4.78 is 1.97. The van der Waals surface area contributed by atoms with Gasteiger partial charge in [0.1, 0.15) is 5.75 Å². The molecule has 1 aromatic heterocycles. The summed E-state index contributed by atoms with van der Waals surface area (Å²) in [5.74, 6) is 0.315. The maximum Gasteiger partial charge on any atom is 0.117 e. The number of piperidine rings is 1. The molecule has 0 saturated carbocycles. The Balaban J connectivity index is 2.02. The monoisotopic (exact) mass is 448 g/mol. The van der Waals surface area contributed by atoms with Crippen LogP contribution < -0.4 is 5.32 Å². The Morgan fingerprint density at radius 2 is 1.71 bits per heavy atom. The molecule has 1 aliphatic heterocycles. The molecule has 2 heterocycles. The third-order valence-corrected chi connectivity index (χ3v) is 5.86. The molecule has 3 nitrogen and oxygen atoms in total. The largest absolute Gasteiger partial charge is 0.508 e. The van der Waals surface area contributed by atoms with E-state index < -0.39 is 0 Å². The van der Waals surface area contributed by atoms with Crippen LogP contribution in [-0.4, -0.2) is 23.2 Å². The highest BCUT2D eigenvalue weighted by molar-refractivity contribution is 9.10. The Bertz CT molecular complexity index is 838. The van der Waals surface area contributed by atoms with Crippen LogP contribution in [0.25, 0.3) is 5.57 Å². The minimum atomic E-state index is 0.315. The number of hydrogen-bond donors (Lipinski definition) is 2. The van der Waals surface area contributed by atoms with Crippen molar-refractivity contribution in [2.45, 2.75) is 25.7 Å². The van der Waals surface area contributed by atoms with Gasteiger partial charge in [0.2, 0.25) is 0 Å². The minimum Gasteiger partial charge on any atom is -0.508 e. The Morgan fingerprint density at radius 3 is 2.50 bits per heavy atom. The van der Waals surface area contributed by atoms with Crippen LogP contribution in [0.5, 0.6) is 5.75 Å². The molecule has 24 heavy (non-hydrogen) atoms. The predicted octanol–water partition coefficient (Wildman–Crippen LogP) is 4.60. The summed E-state index contributed by atoms with van der Waals surface area (Å²) in [6.45, 7) is 2.02. The molecule has 1 aromatic carbocycles. The third kappa shape index (κ3) is 2.93. The van der Waals surface area contributed by atoms with Crippen molar-refractivity contribution in [2.75, 3.05) is 13.1 Å². The lowest BCUT2D eigenvalue weighted by Crippen LogP contribution is -2.24. The van der Waals surface area contributed by atoms with Crippen molar-refractivity contribution in [3.8, 4) is 5.75 Å². The second-order valence-electron chi connectivity index (χ2n) is 6.35. The van der Waals surface area contributed by atoms with Crippen molar-refractivity contribution in [3.63, 3.8) is 0 Å². The summed E-state index contributed by atoms with van der Waals surface area (Å²) in [6, 6.07) is 5.89. The maximum absolute atomic E-state index is 10.0. The highest BCUT2D eigenvalue weighted by atomic mass is 79.9. The molecular weight excluding hydrogens is 432 g/mol. The van der Waals surface area contributed by atoms with Crippen molar-refractivity contribution in [1.82, 2.24) is 10.3 Å². The summed E-state index contributed by atoms with van der Waals surface area (Å²) in [4.78, 5) is 4.79. The van der Waals surface area contributed by atoms with E-state index in [1.54, 1.807) is 6.07 Å². The first-order valence-corrected chi connectivity index (χ1v) is 9.81. The molecule has 2 aromatic rings. The summed E-state index contributed by atoms with van der Waals surface area (Å²) in [6.07, 6.45) is 5.81. The fourth-order valence-electron chi connectivity index (χ4n) is 3.73. The number of phenolic OH excluding ortho intramolecular Hbond substituents is 1. The zero-order valence-electron chi connectivity index (χ0n) is 13.2. The van der Waals surface area contributed by atoms with Crippen LogP contribution in [0.15, 0.2) is 38.9 Å². The maximum atomic E-state index is 10.0. The van der Waals surface area contributed by atoms with E-state index in [1.165, 1.54) is 27.8 Å². The van der Waals surface area contributed by atoms with Crippen LogP contribution in [-0.2, 0) is 12.8 Å². The highest BCUT2D eigenvalue weighted by Gasteiger charge is 2.26. The number of aromatic nitrogens is 1. The number of halogens is 2. The molecule has 0 radical (unpaired) electrons. The molecular formula is C19H18Br2N2O. The molecule has 0 amide bonds. The van der Waals surface area contributed by atoms with E-state index in [0.717, 1.165) is 53.4 Å². The minimum absolute atomic E-state index is 0.315. The first-order chi connectivity index (χ1) is 11.6. The van der Waals surface area contributed by atoms with E-state index in [-0.39, 0.29) is 0 Å². The van der Waals surface area contributed by atoms with Crippen LogP contribution >= 0.6 is 31.9 Å². The number of aryl methyl sites for hydroxylation is 2. The second kappa shape index (κ2) is 6.62. The lowest BCUT2D eigenvalue weighted by Gasteiger charge is -2.22. The molecule has 1 saturated heterocycles. The molecule has 1 fully saturated rings. The van der Waals surface area contributed by atoms with E-state index in [4.69, 9.17) is 4.98 Å². The molecule has 0 bridgehead atoms. The average Bonchev–Trinajstić information content (AvgIpc) is 2.72.